The molecule has 136 valence electrons. The Morgan fingerprint density at radius 2 is 1.92 bits per heavy atom. The normalized spacial score (nSPS) is 20.4. The van der Waals surface area contributed by atoms with Crippen LogP contribution in [0.1, 0.15) is 23.2 Å². The number of rotatable bonds is 4. The Morgan fingerprint density at radius 1 is 1.20 bits per heavy atom. The highest BCUT2D eigenvalue weighted by Gasteiger charge is 2.23. The molecule has 2 aliphatic heterocycles. The summed E-state index contributed by atoms with van der Waals surface area (Å²) in [7, 11) is 1.37. The van der Waals surface area contributed by atoms with Crippen LogP contribution < -0.4 is 10.2 Å². The van der Waals surface area contributed by atoms with Gasteiger partial charge in [-0.15, -0.1) is 0 Å². The fourth-order valence-corrected chi connectivity index (χ4v) is 3.21. The number of methoxy groups -OCH3 is 1. The smallest absolute Gasteiger partial charge is 0.337 e. The van der Waals surface area contributed by atoms with Crippen molar-refractivity contribution in [1.82, 2.24) is 10.2 Å². The van der Waals surface area contributed by atoms with E-state index in [4.69, 9.17) is 9.47 Å². The minimum absolute atomic E-state index is 0.0174. The average Bonchev–Trinajstić information content (AvgIpc) is 3.19. The van der Waals surface area contributed by atoms with E-state index in [-0.39, 0.29) is 18.1 Å². The topological polar surface area (TPSA) is 71.1 Å². The zero-order valence-electron chi connectivity index (χ0n) is 14.6. The number of nitrogens with zero attached hydrogens (tertiary/aromatic N) is 2. The summed E-state index contributed by atoms with van der Waals surface area (Å²) >= 11 is 0. The van der Waals surface area contributed by atoms with Crippen molar-refractivity contribution in [2.45, 2.75) is 18.9 Å². The van der Waals surface area contributed by atoms with Crippen LogP contribution in [0.15, 0.2) is 24.3 Å². The second kappa shape index (κ2) is 8.20. The number of esters is 1. The maximum Gasteiger partial charge on any atom is 0.337 e. The van der Waals surface area contributed by atoms with Crippen LogP contribution in [-0.2, 0) is 9.47 Å². The molecule has 1 aromatic rings. The van der Waals surface area contributed by atoms with E-state index in [2.05, 4.69) is 10.2 Å². The van der Waals surface area contributed by atoms with E-state index in [0.29, 0.717) is 25.2 Å². The quantitative estimate of drug-likeness (QED) is 0.836. The maximum atomic E-state index is 12.2. The Morgan fingerprint density at radius 3 is 2.52 bits per heavy atom. The molecule has 2 saturated heterocycles. The van der Waals surface area contributed by atoms with Crippen LogP contribution >= 0.6 is 0 Å². The third kappa shape index (κ3) is 4.42. The summed E-state index contributed by atoms with van der Waals surface area (Å²) in [4.78, 5) is 27.8. The number of anilines is 1. The first-order valence-corrected chi connectivity index (χ1v) is 8.75. The lowest BCUT2D eigenvalue weighted by Gasteiger charge is -2.36. The molecule has 0 aromatic heterocycles. The van der Waals surface area contributed by atoms with Gasteiger partial charge < -0.3 is 24.6 Å². The Hall–Kier alpha value is -2.28. The first kappa shape index (κ1) is 17.5. The zero-order chi connectivity index (χ0) is 17.6. The molecule has 3 rings (SSSR count). The molecular weight excluding hydrogens is 322 g/mol. The minimum atomic E-state index is -0.334. The molecule has 1 unspecified atom stereocenters. The van der Waals surface area contributed by atoms with Gasteiger partial charge in [0, 0.05) is 45.0 Å². The van der Waals surface area contributed by atoms with Crippen molar-refractivity contribution in [2.75, 3.05) is 51.3 Å². The van der Waals surface area contributed by atoms with Gasteiger partial charge in [-0.3, -0.25) is 0 Å². The fourth-order valence-electron chi connectivity index (χ4n) is 3.21. The second-order valence-electron chi connectivity index (χ2n) is 6.33. The van der Waals surface area contributed by atoms with Gasteiger partial charge in [0.05, 0.1) is 18.8 Å². The number of hydrogen-bond acceptors (Lipinski definition) is 5. The number of hydrogen-bond donors (Lipinski definition) is 1. The van der Waals surface area contributed by atoms with Crippen LogP contribution in [0.25, 0.3) is 0 Å². The van der Waals surface area contributed by atoms with Crippen LogP contribution in [0.3, 0.4) is 0 Å². The Kier molecular flexibility index (Phi) is 5.75. The molecular formula is C18H25N3O4. The van der Waals surface area contributed by atoms with Crippen LogP contribution in [0.5, 0.6) is 0 Å². The van der Waals surface area contributed by atoms with Crippen molar-refractivity contribution in [3.8, 4) is 0 Å². The number of benzene rings is 1. The van der Waals surface area contributed by atoms with Gasteiger partial charge in [0.1, 0.15) is 0 Å². The monoisotopic (exact) mass is 347 g/mol. The number of urea groups is 1. The summed E-state index contributed by atoms with van der Waals surface area (Å²) in [5.74, 6) is -0.334. The molecule has 0 saturated carbocycles. The van der Waals surface area contributed by atoms with Crippen molar-refractivity contribution in [1.29, 1.82) is 0 Å². The number of carbonyl (C=O) groups is 2. The van der Waals surface area contributed by atoms with E-state index in [1.165, 1.54) is 7.11 Å². The second-order valence-corrected chi connectivity index (χ2v) is 6.33. The highest BCUT2D eigenvalue weighted by molar-refractivity contribution is 5.89. The summed E-state index contributed by atoms with van der Waals surface area (Å²) in [6.45, 7) is 4.28. The van der Waals surface area contributed by atoms with E-state index >= 15 is 0 Å². The molecule has 2 fully saturated rings. The van der Waals surface area contributed by atoms with Crippen LogP contribution in [-0.4, -0.2) is 69.4 Å². The maximum absolute atomic E-state index is 12.2. The largest absolute Gasteiger partial charge is 0.465 e. The van der Waals surface area contributed by atoms with Gasteiger partial charge >= 0.3 is 12.0 Å². The standard InChI is InChI=1S/C18H25N3O4/c1-24-17(22)14-4-6-15(7-5-14)20-8-10-21(11-9-20)18(23)19-13-16-3-2-12-25-16/h4-7,16H,2-3,8-13H2,1H3,(H,19,23). The zero-order valence-corrected chi connectivity index (χ0v) is 14.6. The van der Waals surface area contributed by atoms with Gasteiger partial charge in [0.25, 0.3) is 0 Å². The van der Waals surface area contributed by atoms with Gasteiger partial charge in [0.2, 0.25) is 0 Å². The number of carbonyl (C=O) groups excluding carboxylic acids is 2. The predicted molar refractivity (Wildman–Crippen MR) is 93.9 cm³/mol. The minimum Gasteiger partial charge on any atom is -0.465 e. The van der Waals surface area contributed by atoms with Gasteiger partial charge in [-0.2, -0.15) is 0 Å². The Balaban J connectivity index is 1.46. The molecule has 7 nitrogen and oxygen atoms in total. The lowest BCUT2D eigenvalue weighted by molar-refractivity contribution is 0.0600. The number of piperazine rings is 1. The van der Waals surface area contributed by atoms with Crippen molar-refractivity contribution >= 4 is 17.7 Å². The highest BCUT2D eigenvalue weighted by atomic mass is 16.5. The predicted octanol–water partition coefficient (Wildman–Crippen LogP) is 1.48. The van der Waals surface area contributed by atoms with E-state index in [1.54, 1.807) is 12.1 Å². The number of nitrogens with one attached hydrogen (secondary N) is 1. The van der Waals surface area contributed by atoms with Crippen LogP contribution in [0.4, 0.5) is 10.5 Å². The molecule has 1 N–H and O–H groups in total. The molecule has 25 heavy (non-hydrogen) atoms. The molecule has 1 atom stereocenters. The molecule has 1 aromatic carbocycles. The molecule has 0 radical (unpaired) electrons. The molecule has 0 spiro atoms. The summed E-state index contributed by atoms with van der Waals surface area (Å²) in [5.41, 5.74) is 1.59. The summed E-state index contributed by atoms with van der Waals surface area (Å²) in [5, 5.41) is 2.97. The van der Waals surface area contributed by atoms with E-state index < -0.39 is 0 Å². The van der Waals surface area contributed by atoms with Crippen LogP contribution in [0.2, 0.25) is 0 Å². The van der Waals surface area contributed by atoms with Gasteiger partial charge in [-0.1, -0.05) is 0 Å². The van der Waals surface area contributed by atoms with E-state index in [0.717, 1.165) is 38.2 Å². The van der Waals surface area contributed by atoms with Crippen LogP contribution in [0, 0.1) is 0 Å². The summed E-state index contributed by atoms with van der Waals surface area (Å²) in [6, 6.07) is 7.35. The van der Waals surface area contributed by atoms with Crippen molar-refractivity contribution in [2.24, 2.45) is 0 Å². The Bertz CT molecular complexity index is 591. The number of amides is 2. The summed E-state index contributed by atoms with van der Waals surface area (Å²) < 4.78 is 10.2. The lowest BCUT2D eigenvalue weighted by atomic mass is 10.2. The van der Waals surface area contributed by atoms with E-state index in [1.807, 2.05) is 17.0 Å². The molecule has 2 aliphatic rings. The van der Waals surface area contributed by atoms with Crippen molar-refractivity contribution < 1.29 is 19.1 Å². The molecule has 0 aliphatic carbocycles. The first-order valence-electron chi connectivity index (χ1n) is 8.75. The highest BCUT2D eigenvalue weighted by Crippen LogP contribution is 2.18. The number of ether oxygens (including phenoxy) is 2. The summed E-state index contributed by atoms with van der Waals surface area (Å²) in [6.07, 6.45) is 2.27. The molecule has 7 heteroatoms. The van der Waals surface area contributed by atoms with E-state index in [9.17, 15) is 9.59 Å². The van der Waals surface area contributed by atoms with Gasteiger partial charge in [0.15, 0.2) is 0 Å². The van der Waals surface area contributed by atoms with Gasteiger partial charge in [-0.05, 0) is 37.1 Å². The fraction of sp³-hybridized carbons (Fsp3) is 0.556. The van der Waals surface area contributed by atoms with Gasteiger partial charge in [-0.25, -0.2) is 9.59 Å². The average molecular weight is 347 g/mol. The lowest BCUT2D eigenvalue weighted by Crippen LogP contribution is -2.52. The molecule has 2 heterocycles. The third-order valence-electron chi connectivity index (χ3n) is 4.73. The van der Waals surface area contributed by atoms with Crippen molar-refractivity contribution in [3.63, 3.8) is 0 Å². The molecule has 0 bridgehead atoms. The third-order valence-corrected chi connectivity index (χ3v) is 4.73. The first-order chi connectivity index (χ1) is 12.2. The van der Waals surface area contributed by atoms with Crippen molar-refractivity contribution in [3.05, 3.63) is 29.8 Å². The molecule has 2 amide bonds. The SMILES string of the molecule is COC(=O)c1ccc(N2CCN(C(=O)NCC3CCCO3)CC2)cc1. The Labute approximate surface area is 147 Å².